The largest absolute Gasteiger partial charge is 0.469 e. The van der Waals surface area contributed by atoms with Crippen LogP contribution in [-0.4, -0.2) is 13.1 Å². The molecular formula is C15H20O2. The quantitative estimate of drug-likeness (QED) is 0.395. The lowest BCUT2D eigenvalue weighted by molar-refractivity contribution is -0.157. The number of carbonyl (C=O) groups is 1. The fourth-order valence-corrected chi connectivity index (χ4v) is 5.84. The van der Waals surface area contributed by atoms with E-state index in [4.69, 9.17) is 4.74 Å². The lowest BCUT2D eigenvalue weighted by atomic mass is 9.63. The first kappa shape index (κ1) is 10.2. The van der Waals surface area contributed by atoms with E-state index in [-0.39, 0.29) is 11.4 Å². The number of carbonyl (C=O) groups excluding carboxylic acids is 1. The molecule has 0 spiro atoms. The molecule has 0 saturated heterocycles. The van der Waals surface area contributed by atoms with Crippen LogP contribution in [-0.2, 0) is 9.53 Å². The lowest BCUT2D eigenvalue weighted by Crippen LogP contribution is -2.42. The average molecular weight is 232 g/mol. The predicted molar refractivity (Wildman–Crippen MR) is 64.1 cm³/mol. The van der Waals surface area contributed by atoms with Crippen molar-refractivity contribution in [3.05, 3.63) is 12.2 Å². The summed E-state index contributed by atoms with van der Waals surface area (Å²) in [7, 11) is 1.54. The molecule has 3 fully saturated rings. The molecule has 4 aliphatic rings. The second kappa shape index (κ2) is 2.96. The monoisotopic (exact) mass is 232 g/mol. The maximum Gasteiger partial charge on any atom is 0.311 e. The number of hydrogen-bond donors (Lipinski definition) is 0. The molecule has 4 bridgehead atoms. The summed E-state index contributed by atoms with van der Waals surface area (Å²) in [5.74, 6) is 4.70. The first-order valence-electron chi connectivity index (χ1n) is 6.92. The molecule has 92 valence electrons. The summed E-state index contributed by atoms with van der Waals surface area (Å²) in [6.07, 6.45) is 8.57. The number of ether oxygens (including phenoxy) is 1. The number of rotatable bonds is 1. The number of hydrogen-bond acceptors (Lipinski definition) is 2. The summed E-state index contributed by atoms with van der Waals surface area (Å²) in [6, 6.07) is 0. The van der Waals surface area contributed by atoms with Crippen LogP contribution in [0.5, 0.6) is 0 Å². The van der Waals surface area contributed by atoms with Crippen LogP contribution >= 0.6 is 0 Å². The molecule has 2 heteroatoms. The van der Waals surface area contributed by atoms with E-state index in [0.717, 1.165) is 36.0 Å². The number of methoxy groups -OCH3 is 1. The van der Waals surface area contributed by atoms with Gasteiger partial charge in [0.15, 0.2) is 0 Å². The zero-order chi connectivity index (χ0) is 11.8. The fourth-order valence-electron chi connectivity index (χ4n) is 5.84. The van der Waals surface area contributed by atoms with Gasteiger partial charge in [-0.15, -0.1) is 0 Å². The molecule has 0 aromatic carbocycles. The molecule has 0 N–H and O–H groups in total. The Balaban J connectivity index is 1.71. The lowest BCUT2D eigenvalue weighted by Gasteiger charge is -2.41. The first-order chi connectivity index (χ1) is 8.15. The summed E-state index contributed by atoms with van der Waals surface area (Å²) in [5.41, 5.74) is -0.182. The van der Waals surface area contributed by atoms with Crippen molar-refractivity contribution in [2.75, 3.05) is 7.11 Å². The van der Waals surface area contributed by atoms with E-state index in [1.54, 1.807) is 0 Å². The highest BCUT2D eigenvalue weighted by atomic mass is 16.5. The summed E-state index contributed by atoms with van der Waals surface area (Å²) < 4.78 is 5.06. The minimum Gasteiger partial charge on any atom is -0.469 e. The third-order valence-corrected chi connectivity index (χ3v) is 6.30. The van der Waals surface area contributed by atoms with E-state index in [9.17, 15) is 4.79 Å². The Labute approximate surface area is 102 Å². The van der Waals surface area contributed by atoms with Crippen molar-refractivity contribution >= 4 is 5.97 Å². The highest BCUT2D eigenvalue weighted by Gasteiger charge is 2.66. The van der Waals surface area contributed by atoms with Crippen molar-refractivity contribution in [1.29, 1.82) is 0 Å². The van der Waals surface area contributed by atoms with Crippen LogP contribution in [0.1, 0.15) is 26.2 Å². The van der Waals surface area contributed by atoms with Gasteiger partial charge in [-0.2, -0.15) is 0 Å². The standard InChI is InChI=1S/C15H20O2/c1-15(14(16)17-2)7-10-6-11(15)13-9-4-3-8(5-9)12(10)13/h3-4,8-13H,5-7H2,1-2H3/t8-,9+,10-,11-,12?,13?,15?/m0/s1. The highest BCUT2D eigenvalue weighted by Crippen LogP contribution is 2.70. The van der Waals surface area contributed by atoms with Crippen molar-refractivity contribution < 1.29 is 9.53 Å². The van der Waals surface area contributed by atoms with E-state index in [2.05, 4.69) is 19.1 Å². The van der Waals surface area contributed by atoms with Crippen molar-refractivity contribution in [3.63, 3.8) is 0 Å². The Morgan fingerprint density at radius 2 is 1.94 bits per heavy atom. The van der Waals surface area contributed by atoms with Gasteiger partial charge in [0.2, 0.25) is 0 Å². The van der Waals surface area contributed by atoms with Gasteiger partial charge in [-0.1, -0.05) is 12.2 Å². The van der Waals surface area contributed by atoms with Gasteiger partial charge in [-0.05, 0) is 61.7 Å². The Morgan fingerprint density at radius 3 is 2.65 bits per heavy atom. The van der Waals surface area contributed by atoms with Crippen LogP contribution in [0.25, 0.3) is 0 Å². The molecule has 0 radical (unpaired) electrons. The minimum absolute atomic E-state index is 0.0372. The van der Waals surface area contributed by atoms with Crippen LogP contribution in [0.4, 0.5) is 0 Å². The molecule has 0 amide bonds. The summed E-state index contributed by atoms with van der Waals surface area (Å²) in [5, 5.41) is 0. The molecule has 3 unspecified atom stereocenters. The maximum absolute atomic E-state index is 12.1. The van der Waals surface area contributed by atoms with Gasteiger partial charge in [-0.25, -0.2) is 0 Å². The topological polar surface area (TPSA) is 26.3 Å². The van der Waals surface area contributed by atoms with Crippen LogP contribution < -0.4 is 0 Å². The molecule has 7 atom stereocenters. The van der Waals surface area contributed by atoms with E-state index in [0.29, 0.717) is 5.92 Å². The first-order valence-corrected chi connectivity index (χ1v) is 6.92. The highest BCUT2D eigenvalue weighted by molar-refractivity contribution is 5.77. The summed E-state index contributed by atoms with van der Waals surface area (Å²) in [6.45, 7) is 2.15. The van der Waals surface area contributed by atoms with E-state index < -0.39 is 0 Å². The third-order valence-electron chi connectivity index (χ3n) is 6.30. The SMILES string of the molecule is COC(=O)C1(C)C[C@@H]2C[C@H]1C1C2[C@H]2C=C[C@@H]1C2. The van der Waals surface area contributed by atoms with Gasteiger partial charge in [0.1, 0.15) is 0 Å². The van der Waals surface area contributed by atoms with Gasteiger partial charge in [0.25, 0.3) is 0 Å². The molecule has 4 aliphatic carbocycles. The molecular weight excluding hydrogens is 212 g/mol. The Kier molecular flexibility index (Phi) is 1.77. The second-order valence-electron chi connectivity index (χ2n) is 6.82. The van der Waals surface area contributed by atoms with Crippen LogP contribution in [0.2, 0.25) is 0 Å². The van der Waals surface area contributed by atoms with Gasteiger partial charge in [-0.3, -0.25) is 4.79 Å². The molecule has 4 rings (SSSR count). The minimum atomic E-state index is -0.182. The molecule has 17 heavy (non-hydrogen) atoms. The van der Waals surface area contributed by atoms with Gasteiger partial charge in [0, 0.05) is 0 Å². The van der Waals surface area contributed by atoms with Crippen LogP contribution in [0.15, 0.2) is 12.2 Å². The van der Waals surface area contributed by atoms with E-state index in [1.807, 2.05) is 0 Å². The molecule has 0 heterocycles. The van der Waals surface area contributed by atoms with Gasteiger partial charge >= 0.3 is 5.97 Å². The van der Waals surface area contributed by atoms with Crippen molar-refractivity contribution in [2.24, 2.45) is 40.9 Å². The van der Waals surface area contributed by atoms with E-state index in [1.165, 1.54) is 20.0 Å². The van der Waals surface area contributed by atoms with Gasteiger partial charge < -0.3 is 4.74 Å². The normalized spacial score (nSPS) is 57.5. The predicted octanol–water partition coefficient (Wildman–Crippen LogP) is 2.64. The number of fused-ring (bicyclic) bond motifs is 9. The second-order valence-corrected chi connectivity index (χ2v) is 6.82. The molecule has 0 aromatic heterocycles. The Bertz CT molecular complexity index is 413. The number of esters is 1. The molecule has 2 nitrogen and oxygen atoms in total. The smallest absolute Gasteiger partial charge is 0.311 e. The molecule has 0 aromatic rings. The Morgan fingerprint density at radius 1 is 1.24 bits per heavy atom. The molecule has 0 aliphatic heterocycles. The summed E-state index contributed by atoms with van der Waals surface area (Å²) in [4.78, 5) is 12.1. The zero-order valence-electron chi connectivity index (χ0n) is 10.6. The summed E-state index contributed by atoms with van der Waals surface area (Å²) >= 11 is 0. The number of allylic oxidation sites excluding steroid dienone is 2. The van der Waals surface area contributed by atoms with Crippen LogP contribution in [0.3, 0.4) is 0 Å². The average Bonchev–Trinajstić information content (AvgIpc) is 3.03. The van der Waals surface area contributed by atoms with Crippen molar-refractivity contribution in [2.45, 2.75) is 26.2 Å². The molecule has 3 saturated carbocycles. The maximum atomic E-state index is 12.1. The van der Waals surface area contributed by atoms with Crippen molar-refractivity contribution in [3.8, 4) is 0 Å². The van der Waals surface area contributed by atoms with Gasteiger partial charge in [0.05, 0.1) is 12.5 Å². The zero-order valence-corrected chi connectivity index (χ0v) is 10.6. The third kappa shape index (κ3) is 1.01. The van der Waals surface area contributed by atoms with Crippen molar-refractivity contribution in [1.82, 2.24) is 0 Å². The fraction of sp³-hybridized carbons (Fsp3) is 0.800. The Hall–Kier alpha value is -0.790. The van der Waals surface area contributed by atoms with E-state index >= 15 is 0 Å². The van der Waals surface area contributed by atoms with Crippen LogP contribution in [0, 0.1) is 40.9 Å².